The van der Waals surface area contributed by atoms with Gasteiger partial charge in [0.15, 0.2) is 0 Å². The zero-order valence-corrected chi connectivity index (χ0v) is 38.8. The Bertz CT molecular complexity index is 1810. The Balaban J connectivity index is 1.91. The monoisotopic (exact) mass is 789 g/mol. The number of phenolic OH excluding ortho intramolecular Hbond substituents is 2. The van der Waals surface area contributed by atoms with Gasteiger partial charge < -0.3 is 19.7 Å². The van der Waals surface area contributed by atoms with Crippen LogP contribution in [0.1, 0.15) is 202 Å². The van der Waals surface area contributed by atoms with Gasteiger partial charge in [-0.2, -0.15) is 0 Å². The van der Waals surface area contributed by atoms with Gasteiger partial charge in [0.1, 0.15) is 23.0 Å². The van der Waals surface area contributed by atoms with Gasteiger partial charge in [-0.05, 0) is 101 Å². The second kappa shape index (κ2) is 17.7. The van der Waals surface area contributed by atoms with Crippen molar-refractivity contribution in [3.8, 4) is 23.0 Å². The van der Waals surface area contributed by atoms with Gasteiger partial charge in [-0.1, -0.05) is 171 Å². The largest absolute Gasteiger partial charge is 0.507 e. The van der Waals surface area contributed by atoms with Crippen molar-refractivity contribution in [1.82, 2.24) is 0 Å². The molecule has 0 spiro atoms. The van der Waals surface area contributed by atoms with Crippen LogP contribution < -0.4 is 9.47 Å². The first-order valence-corrected chi connectivity index (χ1v) is 22.3. The molecule has 2 N–H and O–H groups in total. The van der Waals surface area contributed by atoms with Crippen molar-refractivity contribution in [3.63, 3.8) is 0 Å². The van der Waals surface area contributed by atoms with Gasteiger partial charge in [-0.15, -0.1) is 0 Å². The molecule has 4 aromatic rings. The summed E-state index contributed by atoms with van der Waals surface area (Å²) in [6.07, 6.45) is 8.46. The van der Waals surface area contributed by atoms with Crippen molar-refractivity contribution in [1.29, 1.82) is 0 Å². The van der Waals surface area contributed by atoms with Crippen molar-refractivity contribution in [2.75, 3.05) is 13.2 Å². The number of fused-ring (bicyclic) bond motifs is 8. The normalized spacial score (nSPS) is 13.8. The van der Waals surface area contributed by atoms with Gasteiger partial charge in [0, 0.05) is 25.7 Å². The standard InChI is InChI=1S/C54H76O4/c1-15-17-19-21-57-49-39-23-35-27-43(51(3,4)5)29-37(47(35)55)25-41-33-46(54(12,13)14)34-42(50(41)58-22-20-18-16-2)26-38-30-44(52(6,7)8)28-36(48(38)56)24-40(49)32-45(31-39)53(9,10)11/h27-34,55-56H,15-26H2,1-14H3. The predicted octanol–water partition coefficient (Wildman–Crippen LogP) is 14.1. The molecule has 0 amide bonds. The molecule has 1 aliphatic carbocycles. The average molecular weight is 789 g/mol. The minimum absolute atomic E-state index is 0.132. The Morgan fingerprint density at radius 2 is 0.603 bits per heavy atom. The molecule has 0 fully saturated rings. The lowest BCUT2D eigenvalue weighted by molar-refractivity contribution is 0.300. The van der Waals surface area contributed by atoms with Gasteiger partial charge in [-0.25, -0.2) is 0 Å². The summed E-state index contributed by atoms with van der Waals surface area (Å²) in [6.45, 7) is 32.8. The molecule has 0 aliphatic heterocycles. The van der Waals surface area contributed by atoms with E-state index in [1.165, 1.54) is 22.3 Å². The number of hydrogen-bond acceptors (Lipinski definition) is 4. The van der Waals surface area contributed by atoms with Gasteiger partial charge >= 0.3 is 0 Å². The van der Waals surface area contributed by atoms with Crippen LogP contribution in [0.15, 0.2) is 48.5 Å². The van der Waals surface area contributed by atoms with Crippen LogP contribution in [0.5, 0.6) is 23.0 Å². The van der Waals surface area contributed by atoms with Crippen molar-refractivity contribution in [2.24, 2.45) is 0 Å². The Labute approximate surface area is 352 Å². The quantitative estimate of drug-likeness (QED) is 0.138. The van der Waals surface area contributed by atoms with Crippen LogP contribution in [0.2, 0.25) is 0 Å². The molecule has 0 aromatic heterocycles. The molecule has 0 saturated heterocycles. The molecular weight excluding hydrogens is 713 g/mol. The van der Waals surface area contributed by atoms with Crippen LogP contribution in [-0.2, 0) is 47.3 Å². The van der Waals surface area contributed by atoms with E-state index >= 15 is 0 Å². The Morgan fingerprint density at radius 1 is 0.379 bits per heavy atom. The highest BCUT2D eigenvalue weighted by Crippen LogP contribution is 2.44. The average Bonchev–Trinajstić information content (AvgIpc) is 3.11. The maximum Gasteiger partial charge on any atom is 0.126 e. The second-order valence-corrected chi connectivity index (χ2v) is 21.4. The number of rotatable bonds is 10. The highest BCUT2D eigenvalue weighted by Gasteiger charge is 2.28. The number of phenols is 2. The maximum absolute atomic E-state index is 12.5. The van der Waals surface area contributed by atoms with E-state index < -0.39 is 0 Å². The zero-order chi connectivity index (χ0) is 42.8. The first-order valence-electron chi connectivity index (χ1n) is 22.3. The van der Waals surface area contributed by atoms with E-state index in [9.17, 15) is 10.2 Å². The molecule has 0 saturated carbocycles. The van der Waals surface area contributed by atoms with Crippen molar-refractivity contribution >= 4 is 0 Å². The third kappa shape index (κ3) is 10.8. The first-order chi connectivity index (χ1) is 27.0. The van der Waals surface area contributed by atoms with Crippen molar-refractivity contribution in [2.45, 2.75) is 183 Å². The molecule has 4 heteroatoms. The number of hydrogen-bond donors (Lipinski definition) is 2. The molecule has 0 heterocycles. The van der Waals surface area contributed by atoms with E-state index in [-0.39, 0.29) is 21.7 Å². The molecule has 0 atom stereocenters. The topological polar surface area (TPSA) is 58.9 Å². The molecule has 1 aliphatic rings. The van der Waals surface area contributed by atoms with Gasteiger partial charge in [0.05, 0.1) is 13.2 Å². The molecule has 58 heavy (non-hydrogen) atoms. The summed E-state index contributed by atoms with van der Waals surface area (Å²) in [4.78, 5) is 0. The highest BCUT2D eigenvalue weighted by atomic mass is 16.5. The summed E-state index contributed by atoms with van der Waals surface area (Å²) in [5.41, 5.74) is 12.2. The number of ether oxygens (including phenoxy) is 2. The highest BCUT2D eigenvalue weighted by molar-refractivity contribution is 5.59. The van der Waals surface area contributed by atoms with Crippen LogP contribution in [0.4, 0.5) is 0 Å². The Morgan fingerprint density at radius 3 is 0.810 bits per heavy atom. The van der Waals surface area contributed by atoms with Crippen LogP contribution in [-0.4, -0.2) is 23.4 Å². The zero-order valence-electron chi connectivity index (χ0n) is 38.8. The molecule has 4 nitrogen and oxygen atoms in total. The molecule has 316 valence electrons. The van der Waals surface area contributed by atoms with E-state index in [1.54, 1.807) is 0 Å². The van der Waals surface area contributed by atoms with Gasteiger partial charge in [0.25, 0.3) is 0 Å². The SMILES string of the molecule is CCCCCOc1c2cc(C(C)(C)C)cc1Cc1cc(C(C)(C)C)cc(c1O)Cc1cc(C(C)(C)C)cc(c1OCCCCC)Cc1cc(C(C)(C)C)cc(c1O)C2. The summed E-state index contributed by atoms with van der Waals surface area (Å²) in [5.74, 6) is 2.44. The number of benzene rings is 4. The van der Waals surface area contributed by atoms with Crippen LogP contribution >= 0.6 is 0 Å². The summed E-state index contributed by atoms with van der Waals surface area (Å²) >= 11 is 0. The van der Waals surface area contributed by atoms with Gasteiger partial charge in [-0.3, -0.25) is 0 Å². The smallest absolute Gasteiger partial charge is 0.126 e. The minimum Gasteiger partial charge on any atom is -0.507 e. The lowest BCUT2D eigenvalue weighted by Crippen LogP contribution is -2.17. The van der Waals surface area contributed by atoms with E-state index in [2.05, 4.69) is 145 Å². The molecule has 4 aromatic carbocycles. The fourth-order valence-corrected chi connectivity index (χ4v) is 8.07. The number of unbranched alkanes of at least 4 members (excludes halogenated alkanes) is 4. The van der Waals surface area contributed by atoms with E-state index in [4.69, 9.17) is 9.47 Å². The third-order valence-electron chi connectivity index (χ3n) is 12.0. The third-order valence-corrected chi connectivity index (χ3v) is 12.0. The van der Waals surface area contributed by atoms with E-state index in [0.29, 0.717) is 50.4 Å². The molecule has 5 rings (SSSR count). The lowest BCUT2D eigenvalue weighted by atomic mass is 9.79. The van der Waals surface area contributed by atoms with E-state index in [0.717, 1.165) is 94.5 Å². The summed E-state index contributed by atoms with van der Waals surface area (Å²) in [5, 5.41) is 25.0. The Hall–Kier alpha value is -3.92. The first kappa shape index (κ1) is 45.2. The van der Waals surface area contributed by atoms with Crippen LogP contribution in [0.3, 0.4) is 0 Å². The predicted molar refractivity (Wildman–Crippen MR) is 245 cm³/mol. The van der Waals surface area contributed by atoms with Gasteiger partial charge in [0.2, 0.25) is 0 Å². The maximum atomic E-state index is 12.5. The molecular formula is C54H76O4. The molecule has 0 unspecified atom stereocenters. The molecule has 0 radical (unpaired) electrons. The van der Waals surface area contributed by atoms with Crippen LogP contribution in [0.25, 0.3) is 0 Å². The fourth-order valence-electron chi connectivity index (χ4n) is 8.07. The second-order valence-electron chi connectivity index (χ2n) is 21.4. The summed E-state index contributed by atoms with van der Waals surface area (Å²) < 4.78 is 13.7. The van der Waals surface area contributed by atoms with Crippen molar-refractivity contribution in [3.05, 3.63) is 115 Å². The molecule has 8 bridgehead atoms. The lowest BCUT2D eigenvalue weighted by Gasteiger charge is -2.28. The number of aromatic hydroxyl groups is 2. The van der Waals surface area contributed by atoms with E-state index in [1.807, 2.05) is 0 Å². The summed E-state index contributed by atoms with van der Waals surface area (Å²) in [6, 6.07) is 18.1. The van der Waals surface area contributed by atoms with Crippen molar-refractivity contribution < 1.29 is 19.7 Å². The fraction of sp³-hybridized carbons (Fsp3) is 0.556. The summed E-state index contributed by atoms with van der Waals surface area (Å²) in [7, 11) is 0. The van der Waals surface area contributed by atoms with Crippen LogP contribution in [0, 0.1) is 0 Å². The minimum atomic E-state index is -0.140. The Kier molecular flexibility index (Phi) is 13.8.